The van der Waals surface area contributed by atoms with Crippen molar-refractivity contribution in [2.24, 2.45) is 0 Å². The van der Waals surface area contributed by atoms with Crippen LogP contribution >= 0.6 is 0 Å². The summed E-state index contributed by atoms with van der Waals surface area (Å²) in [5.74, 6) is 0. The van der Waals surface area contributed by atoms with Crippen LogP contribution < -0.4 is 0 Å². The van der Waals surface area contributed by atoms with Gasteiger partial charge in [-0.3, -0.25) is 4.55 Å². The van der Waals surface area contributed by atoms with Crippen molar-refractivity contribution in [3.8, 4) is 0 Å². The first kappa shape index (κ1) is 4.07. The SMILES string of the molecule is [O]S(=O)O. The maximum atomic E-state index is 8.56. The summed E-state index contributed by atoms with van der Waals surface area (Å²) >= 11 is -2.86. The molecule has 0 bridgehead atoms. The Hall–Kier alpha value is 0.0700. The van der Waals surface area contributed by atoms with E-state index >= 15 is 0 Å². The topological polar surface area (TPSA) is 57.2 Å². The zero-order valence-corrected chi connectivity index (χ0v) is 2.49. The van der Waals surface area contributed by atoms with Crippen LogP contribution in [0, 0.1) is 0 Å². The molecular weight excluding hydrogens is 80.1 g/mol. The Balaban J connectivity index is 2.80. The van der Waals surface area contributed by atoms with Crippen molar-refractivity contribution in [1.82, 2.24) is 0 Å². The molecule has 0 saturated carbocycles. The number of rotatable bonds is 0. The summed E-state index contributed by atoms with van der Waals surface area (Å²) in [5, 5.41) is 0. The number of hydrogen-bond acceptors (Lipinski definition) is 1. The van der Waals surface area contributed by atoms with Crippen molar-refractivity contribution in [1.29, 1.82) is 0 Å². The first-order chi connectivity index (χ1) is 1.73. The van der Waals surface area contributed by atoms with Gasteiger partial charge in [-0.25, -0.2) is 0 Å². The molecule has 25 valence electrons. The quantitative estimate of drug-likeness (QED) is 0.401. The predicted molar refractivity (Wildman–Crippen MR) is 11.5 cm³/mol. The average molecular weight is 81.1 g/mol. The van der Waals surface area contributed by atoms with Gasteiger partial charge in [-0.05, 0) is 0 Å². The third-order valence-electron chi connectivity index (χ3n) is 0. The largest absolute Gasteiger partial charge is 0.332 e. The van der Waals surface area contributed by atoms with Gasteiger partial charge >= 0.3 is 11.4 Å². The van der Waals surface area contributed by atoms with Gasteiger partial charge in [0.2, 0.25) is 0 Å². The van der Waals surface area contributed by atoms with Crippen LogP contribution in [0.1, 0.15) is 0 Å². The second-order valence-corrected chi connectivity index (χ2v) is 0.651. The molecule has 0 spiro atoms. The second kappa shape index (κ2) is 1.40. The van der Waals surface area contributed by atoms with Crippen molar-refractivity contribution >= 4 is 11.4 Å². The average Bonchev–Trinajstić information content (AvgIpc) is 0.811. The fourth-order valence-electron chi connectivity index (χ4n) is 0. The van der Waals surface area contributed by atoms with Crippen LogP contribution in [-0.4, -0.2) is 8.76 Å². The van der Waals surface area contributed by atoms with E-state index in [0.29, 0.717) is 0 Å². The van der Waals surface area contributed by atoms with Crippen LogP contribution in [0.2, 0.25) is 0 Å². The summed E-state index contributed by atoms with van der Waals surface area (Å²) in [6.07, 6.45) is 0. The monoisotopic (exact) mass is 81.0 g/mol. The van der Waals surface area contributed by atoms with Crippen molar-refractivity contribution in [3.63, 3.8) is 0 Å². The van der Waals surface area contributed by atoms with Crippen LogP contribution in [0.3, 0.4) is 0 Å². The van der Waals surface area contributed by atoms with Gasteiger partial charge < -0.3 is 0 Å². The van der Waals surface area contributed by atoms with Crippen molar-refractivity contribution < 1.29 is 13.3 Å². The van der Waals surface area contributed by atoms with E-state index in [-0.39, 0.29) is 0 Å². The van der Waals surface area contributed by atoms with E-state index in [4.69, 9.17) is 13.3 Å². The molecular formula is HO3S. The van der Waals surface area contributed by atoms with Gasteiger partial charge in [0.15, 0.2) is 0 Å². The highest BCUT2D eigenvalue weighted by Crippen LogP contribution is 1.47. The fraction of sp³-hybridized carbons (Fsp3) is 0. The molecule has 0 amide bonds. The third kappa shape index (κ3) is 484. The van der Waals surface area contributed by atoms with E-state index in [1.807, 2.05) is 0 Å². The van der Waals surface area contributed by atoms with Crippen LogP contribution in [0.5, 0.6) is 0 Å². The summed E-state index contributed by atoms with van der Waals surface area (Å²) in [4.78, 5) is 0. The third-order valence-corrected chi connectivity index (χ3v) is 0. The van der Waals surface area contributed by atoms with Gasteiger partial charge in [0.1, 0.15) is 0 Å². The minimum atomic E-state index is -2.86. The maximum Gasteiger partial charge on any atom is 0.332 e. The molecule has 0 aliphatic heterocycles. The maximum absolute atomic E-state index is 8.56. The van der Waals surface area contributed by atoms with Crippen LogP contribution in [-0.2, 0) is 15.9 Å². The lowest BCUT2D eigenvalue weighted by molar-refractivity contribution is 0.392. The first-order valence-corrected chi connectivity index (χ1v) is 1.55. The molecule has 0 aliphatic carbocycles. The zero-order valence-electron chi connectivity index (χ0n) is 1.67. The van der Waals surface area contributed by atoms with Crippen LogP contribution in [0.25, 0.3) is 0 Å². The normalized spacial score (nSPS) is 8.75. The number of hydrogen-bond donors (Lipinski definition) is 1. The molecule has 4 heteroatoms. The molecule has 0 rings (SSSR count). The Kier molecular flexibility index (Phi) is 1.42. The molecule has 0 aromatic heterocycles. The molecule has 0 fully saturated rings. The Bertz CT molecular complexity index is 26.3. The van der Waals surface area contributed by atoms with Gasteiger partial charge in [0.25, 0.3) is 0 Å². The lowest BCUT2D eigenvalue weighted by Gasteiger charge is -1.53. The fourth-order valence-corrected chi connectivity index (χ4v) is 0. The highest BCUT2D eigenvalue weighted by molar-refractivity contribution is 7.72. The Morgan fingerprint density at radius 2 is 1.75 bits per heavy atom. The molecule has 0 saturated heterocycles. The Morgan fingerprint density at radius 3 is 1.75 bits per heavy atom. The molecule has 0 aromatic rings. The van der Waals surface area contributed by atoms with E-state index in [0.717, 1.165) is 0 Å². The highest BCUT2D eigenvalue weighted by atomic mass is 32.2. The van der Waals surface area contributed by atoms with E-state index in [2.05, 4.69) is 0 Å². The molecule has 1 atom stereocenters. The lowest BCUT2D eigenvalue weighted by atomic mass is 15.8. The molecule has 0 aromatic carbocycles. The van der Waals surface area contributed by atoms with Gasteiger partial charge in [0.05, 0.1) is 0 Å². The van der Waals surface area contributed by atoms with E-state index in [9.17, 15) is 0 Å². The molecule has 1 N–H and O–H groups in total. The van der Waals surface area contributed by atoms with Gasteiger partial charge in [-0.15, -0.1) is 0 Å². The van der Waals surface area contributed by atoms with Crippen molar-refractivity contribution in [2.75, 3.05) is 0 Å². The molecule has 4 heavy (non-hydrogen) atoms. The summed E-state index contributed by atoms with van der Waals surface area (Å²) in [5.41, 5.74) is 0. The smallest absolute Gasteiger partial charge is 0.282 e. The molecule has 0 aliphatic rings. The van der Waals surface area contributed by atoms with Crippen LogP contribution in [0.4, 0.5) is 0 Å². The summed E-state index contributed by atoms with van der Waals surface area (Å²) in [7, 11) is 0. The highest BCUT2D eigenvalue weighted by Gasteiger charge is 1.68. The Morgan fingerprint density at radius 1 is 1.75 bits per heavy atom. The minimum absolute atomic E-state index is 2.86. The van der Waals surface area contributed by atoms with Gasteiger partial charge in [-0.1, -0.05) is 4.55 Å². The van der Waals surface area contributed by atoms with Crippen molar-refractivity contribution in [2.45, 2.75) is 0 Å². The standard InChI is InChI=1S/HO3S/c1-4(2)3/h(H,1,2). The molecule has 3 nitrogen and oxygen atoms in total. The summed E-state index contributed by atoms with van der Waals surface area (Å²) in [6.45, 7) is 0. The van der Waals surface area contributed by atoms with Crippen LogP contribution in [0.15, 0.2) is 0 Å². The summed E-state index contributed by atoms with van der Waals surface area (Å²) in [6, 6.07) is 0. The van der Waals surface area contributed by atoms with Gasteiger partial charge in [-0.2, -0.15) is 4.21 Å². The molecule has 1 unspecified atom stereocenters. The molecule has 0 heterocycles. The first-order valence-electron chi connectivity index (χ1n) is 0.516. The van der Waals surface area contributed by atoms with E-state index in [1.165, 1.54) is 0 Å². The second-order valence-electron chi connectivity index (χ2n) is 0.217. The summed E-state index contributed by atoms with van der Waals surface area (Å²) < 4.78 is 24.1. The molecule has 1 radical (unpaired) electrons. The minimum Gasteiger partial charge on any atom is -0.282 e. The van der Waals surface area contributed by atoms with E-state index in [1.54, 1.807) is 0 Å². The van der Waals surface area contributed by atoms with E-state index < -0.39 is 11.4 Å². The Labute approximate surface area is 25.8 Å². The van der Waals surface area contributed by atoms with Gasteiger partial charge in [0, 0.05) is 0 Å². The van der Waals surface area contributed by atoms with Crippen molar-refractivity contribution in [3.05, 3.63) is 0 Å². The lowest BCUT2D eigenvalue weighted by Crippen LogP contribution is -1.70. The predicted octanol–water partition coefficient (Wildman–Crippen LogP) is -0.446. The zero-order chi connectivity index (χ0) is 3.58.